The van der Waals surface area contributed by atoms with Gasteiger partial charge < -0.3 is 0 Å². The highest BCUT2D eigenvalue weighted by Crippen LogP contribution is 2.53. The zero-order valence-electron chi connectivity index (χ0n) is 7.00. The summed E-state index contributed by atoms with van der Waals surface area (Å²) in [5, 5.41) is 0. The second-order valence-corrected chi connectivity index (χ2v) is 7.12. The average molecular weight is 284 g/mol. The largest absolute Gasteiger partial charge is 0.223 e. The first-order valence-electron chi connectivity index (χ1n) is 4.30. The van der Waals surface area contributed by atoms with Crippen molar-refractivity contribution in [3.8, 4) is 0 Å². The molecule has 1 aliphatic rings. The molecule has 0 unspecified atom stereocenters. The summed E-state index contributed by atoms with van der Waals surface area (Å²) in [6.07, 6.45) is 5.35. The normalized spacial score (nSPS) is 21.9. The fourth-order valence-electron chi connectivity index (χ4n) is 1.70. The van der Waals surface area contributed by atoms with E-state index in [9.17, 15) is 0 Å². The van der Waals surface area contributed by atoms with Gasteiger partial charge in [0.1, 0.15) is 0 Å². The standard InChI is InChI=1S/C8H11Cl5/c9-7(10,8(11,12)13)6-4-2-1-3-5-6/h6H,1-5H2. The summed E-state index contributed by atoms with van der Waals surface area (Å²) in [5.41, 5.74) is 0. The van der Waals surface area contributed by atoms with Crippen LogP contribution in [0.5, 0.6) is 0 Å². The van der Waals surface area contributed by atoms with Crippen LogP contribution in [0.1, 0.15) is 32.1 Å². The maximum Gasteiger partial charge on any atom is 0.223 e. The van der Waals surface area contributed by atoms with Crippen LogP contribution in [0.4, 0.5) is 0 Å². The molecular formula is C8H11Cl5. The number of alkyl halides is 5. The molecule has 1 aliphatic carbocycles. The van der Waals surface area contributed by atoms with Gasteiger partial charge in [-0.05, 0) is 18.8 Å². The van der Waals surface area contributed by atoms with Gasteiger partial charge in [-0.3, -0.25) is 0 Å². The molecule has 78 valence electrons. The molecule has 0 nitrogen and oxygen atoms in total. The van der Waals surface area contributed by atoms with Gasteiger partial charge in [0.2, 0.25) is 3.79 Å². The molecule has 0 N–H and O–H groups in total. The molecule has 0 aromatic heterocycles. The Morgan fingerprint density at radius 3 is 1.62 bits per heavy atom. The fraction of sp³-hybridized carbons (Fsp3) is 1.00. The molecule has 0 amide bonds. The maximum absolute atomic E-state index is 6.06. The van der Waals surface area contributed by atoms with Gasteiger partial charge in [-0.2, -0.15) is 0 Å². The Hall–Kier alpha value is 1.45. The van der Waals surface area contributed by atoms with Crippen molar-refractivity contribution in [2.45, 2.75) is 40.2 Å². The second kappa shape index (κ2) is 4.53. The Kier molecular flexibility index (Phi) is 4.36. The van der Waals surface area contributed by atoms with Gasteiger partial charge in [0, 0.05) is 0 Å². The number of rotatable bonds is 1. The van der Waals surface area contributed by atoms with Gasteiger partial charge in [-0.25, -0.2) is 0 Å². The summed E-state index contributed by atoms with van der Waals surface area (Å²) in [5.74, 6) is 0.0945. The van der Waals surface area contributed by atoms with E-state index in [1.54, 1.807) is 0 Å². The second-order valence-electron chi connectivity index (χ2n) is 3.46. The average Bonchev–Trinajstić information content (AvgIpc) is 2.04. The molecule has 1 fully saturated rings. The first kappa shape index (κ1) is 12.5. The van der Waals surface area contributed by atoms with Gasteiger partial charge in [0.25, 0.3) is 0 Å². The van der Waals surface area contributed by atoms with E-state index in [4.69, 9.17) is 58.0 Å². The molecule has 0 bridgehead atoms. The highest BCUT2D eigenvalue weighted by Gasteiger charge is 2.51. The van der Waals surface area contributed by atoms with Crippen molar-refractivity contribution >= 4 is 58.0 Å². The molecular weight excluding hydrogens is 273 g/mol. The minimum absolute atomic E-state index is 0.0945. The van der Waals surface area contributed by atoms with Crippen molar-refractivity contribution in [1.29, 1.82) is 0 Å². The van der Waals surface area contributed by atoms with Crippen molar-refractivity contribution in [1.82, 2.24) is 0 Å². The molecule has 1 rings (SSSR count). The summed E-state index contributed by atoms with van der Waals surface area (Å²) < 4.78 is -2.85. The third-order valence-corrected chi connectivity index (χ3v) is 5.15. The van der Waals surface area contributed by atoms with E-state index in [0.717, 1.165) is 25.7 Å². The Morgan fingerprint density at radius 2 is 1.23 bits per heavy atom. The molecule has 0 atom stereocenters. The lowest BCUT2D eigenvalue weighted by Gasteiger charge is -2.37. The molecule has 0 aromatic rings. The van der Waals surface area contributed by atoms with E-state index in [1.165, 1.54) is 6.42 Å². The van der Waals surface area contributed by atoms with Crippen molar-refractivity contribution in [2.75, 3.05) is 0 Å². The number of halogens is 5. The molecule has 0 aliphatic heterocycles. The zero-order valence-corrected chi connectivity index (χ0v) is 10.8. The summed E-state index contributed by atoms with van der Waals surface area (Å²) in [6, 6.07) is 0. The number of hydrogen-bond acceptors (Lipinski definition) is 0. The Morgan fingerprint density at radius 1 is 0.769 bits per heavy atom. The smallest absolute Gasteiger partial charge is 0.0966 e. The van der Waals surface area contributed by atoms with E-state index < -0.39 is 8.13 Å². The molecule has 1 saturated carbocycles. The summed E-state index contributed by atoms with van der Waals surface area (Å²) in [6.45, 7) is 0. The lowest BCUT2D eigenvalue weighted by molar-refractivity contribution is 0.326. The molecule has 0 spiro atoms. The fourth-order valence-corrected chi connectivity index (χ4v) is 2.60. The molecule has 5 heteroatoms. The van der Waals surface area contributed by atoms with Crippen LogP contribution in [0.3, 0.4) is 0 Å². The van der Waals surface area contributed by atoms with Crippen molar-refractivity contribution in [2.24, 2.45) is 5.92 Å². The van der Waals surface area contributed by atoms with Crippen LogP contribution in [0, 0.1) is 5.92 Å². The summed E-state index contributed by atoms with van der Waals surface area (Å²) in [7, 11) is 0. The van der Waals surface area contributed by atoms with Gasteiger partial charge in [-0.1, -0.05) is 77.3 Å². The third-order valence-electron chi connectivity index (χ3n) is 2.50. The van der Waals surface area contributed by atoms with Crippen LogP contribution in [0.25, 0.3) is 0 Å². The Labute approximate surface area is 104 Å². The first-order chi connectivity index (χ1) is 5.86. The lowest BCUT2D eigenvalue weighted by atomic mass is 9.87. The zero-order chi connectivity index (χ0) is 10.1. The number of hydrogen-bond donors (Lipinski definition) is 0. The summed E-state index contributed by atoms with van der Waals surface area (Å²) in [4.78, 5) is 0. The quantitative estimate of drug-likeness (QED) is 0.587. The van der Waals surface area contributed by atoms with Crippen LogP contribution in [-0.4, -0.2) is 8.13 Å². The van der Waals surface area contributed by atoms with Crippen molar-refractivity contribution < 1.29 is 0 Å². The van der Waals surface area contributed by atoms with E-state index >= 15 is 0 Å². The van der Waals surface area contributed by atoms with Crippen LogP contribution in [-0.2, 0) is 0 Å². The minimum atomic E-state index is -1.60. The Bertz CT molecular complexity index is 166. The van der Waals surface area contributed by atoms with E-state index in [1.807, 2.05) is 0 Å². The molecule has 0 radical (unpaired) electrons. The van der Waals surface area contributed by atoms with E-state index in [-0.39, 0.29) is 5.92 Å². The van der Waals surface area contributed by atoms with Crippen LogP contribution in [0.2, 0.25) is 0 Å². The predicted molar refractivity (Wildman–Crippen MR) is 61.3 cm³/mol. The van der Waals surface area contributed by atoms with Crippen molar-refractivity contribution in [3.05, 3.63) is 0 Å². The van der Waals surface area contributed by atoms with E-state index in [0.29, 0.717) is 0 Å². The molecule has 0 aromatic carbocycles. The SMILES string of the molecule is ClC(Cl)(Cl)C(Cl)(Cl)C1CCCCC1. The molecule has 0 saturated heterocycles. The van der Waals surface area contributed by atoms with Crippen LogP contribution in [0.15, 0.2) is 0 Å². The van der Waals surface area contributed by atoms with E-state index in [2.05, 4.69) is 0 Å². The Balaban J connectivity index is 2.67. The molecule has 13 heavy (non-hydrogen) atoms. The third kappa shape index (κ3) is 2.95. The van der Waals surface area contributed by atoms with Gasteiger partial charge in [0.15, 0.2) is 4.33 Å². The highest BCUT2D eigenvalue weighted by molar-refractivity contribution is 6.75. The van der Waals surface area contributed by atoms with Gasteiger partial charge in [-0.15, -0.1) is 0 Å². The van der Waals surface area contributed by atoms with Crippen LogP contribution < -0.4 is 0 Å². The minimum Gasteiger partial charge on any atom is -0.0966 e. The monoisotopic (exact) mass is 282 g/mol. The van der Waals surface area contributed by atoms with Gasteiger partial charge in [0.05, 0.1) is 0 Å². The topological polar surface area (TPSA) is 0 Å². The summed E-state index contributed by atoms with van der Waals surface area (Å²) >= 11 is 29.3. The first-order valence-corrected chi connectivity index (χ1v) is 6.19. The molecule has 0 heterocycles. The van der Waals surface area contributed by atoms with Crippen LogP contribution >= 0.6 is 58.0 Å². The highest BCUT2D eigenvalue weighted by atomic mass is 35.6. The van der Waals surface area contributed by atoms with Gasteiger partial charge >= 0.3 is 0 Å². The maximum atomic E-state index is 6.06. The lowest BCUT2D eigenvalue weighted by Crippen LogP contribution is -2.40. The predicted octanol–water partition coefficient (Wildman–Crippen LogP) is 5.11. The van der Waals surface area contributed by atoms with Crippen molar-refractivity contribution in [3.63, 3.8) is 0 Å².